The lowest BCUT2D eigenvalue weighted by Crippen LogP contribution is -2.04. The van der Waals surface area contributed by atoms with E-state index in [4.69, 9.17) is 11.6 Å². The van der Waals surface area contributed by atoms with Crippen LogP contribution in [0, 0.1) is 6.92 Å². The molecular weight excluding hydrogens is 284 g/mol. The molecule has 18 heavy (non-hydrogen) atoms. The van der Waals surface area contributed by atoms with Crippen LogP contribution in [0.2, 0.25) is 5.02 Å². The molecule has 0 aliphatic rings. The summed E-state index contributed by atoms with van der Waals surface area (Å²) in [5, 5.41) is 2.62. The number of thioether (sulfide) groups is 1. The minimum atomic E-state index is 0.214. The lowest BCUT2D eigenvalue weighted by molar-refractivity contribution is -0.115. The molecule has 1 aromatic heterocycles. The molecule has 0 unspecified atom stereocenters. The van der Waals surface area contributed by atoms with Crippen LogP contribution in [0.4, 0.5) is 0 Å². The van der Waals surface area contributed by atoms with Gasteiger partial charge in [0.25, 0.3) is 0 Å². The molecule has 1 aromatic carbocycles. The molecule has 2 rings (SSSR count). The number of carbonyl (C=O) groups excluding carboxylic acids is 1. The average Bonchev–Trinajstić information content (AvgIpc) is 2.73. The molecule has 0 aliphatic heterocycles. The Morgan fingerprint density at radius 3 is 2.89 bits per heavy atom. The SMILES string of the molecule is Cc1cccc(SCC(=O)Cc2sccc2Cl)c1. The van der Waals surface area contributed by atoms with Crippen LogP contribution in [0.3, 0.4) is 0 Å². The van der Waals surface area contributed by atoms with Crippen molar-refractivity contribution >= 4 is 40.5 Å². The zero-order valence-corrected chi connectivity index (χ0v) is 12.4. The summed E-state index contributed by atoms with van der Waals surface area (Å²) >= 11 is 9.10. The van der Waals surface area contributed by atoms with Gasteiger partial charge in [0.15, 0.2) is 0 Å². The summed E-state index contributed by atoms with van der Waals surface area (Å²) in [7, 11) is 0. The van der Waals surface area contributed by atoms with Crippen molar-refractivity contribution in [3.8, 4) is 0 Å². The first kappa shape index (κ1) is 13.7. The summed E-state index contributed by atoms with van der Waals surface area (Å²) in [6.45, 7) is 2.05. The fourth-order valence-electron chi connectivity index (χ4n) is 1.55. The van der Waals surface area contributed by atoms with E-state index in [0.29, 0.717) is 17.2 Å². The van der Waals surface area contributed by atoms with Crippen molar-refractivity contribution in [1.29, 1.82) is 0 Å². The zero-order valence-electron chi connectivity index (χ0n) is 9.98. The molecule has 1 heterocycles. The Morgan fingerprint density at radius 1 is 1.39 bits per heavy atom. The highest BCUT2D eigenvalue weighted by Gasteiger charge is 2.09. The van der Waals surface area contributed by atoms with Crippen molar-refractivity contribution < 1.29 is 4.79 Å². The first-order valence-corrected chi connectivity index (χ1v) is 7.82. The molecule has 2 aromatic rings. The van der Waals surface area contributed by atoms with Crippen molar-refractivity contribution in [3.63, 3.8) is 0 Å². The number of benzene rings is 1. The van der Waals surface area contributed by atoms with Gasteiger partial charge >= 0.3 is 0 Å². The van der Waals surface area contributed by atoms with Crippen molar-refractivity contribution in [2.75, 3.05) is 5.75 Å². The van der Waals surface area contributed by atoms with Crippen molar-refractivity contribution in [2.24, 2.45) is 0 Å². The Hall–Kier alpha value is -0.770. The number of halogens is 1. The molecule has 0 atom stereocenters. The molecule has 0 aliphatic carbocycles. The number of carbonyl (C=O) groups is 1. The normalized spacial score (nSPS) is 10.6. The Balaban J connectivity index is 1.87. The molecule has 0 bridgehead atoms. The summed E-state index contributed by atoms with van der Waals surface area (Å²) in [5.41, 5.74) is 1.22. The predicted octanol–water partition coefficient (Wildman–Crippen LogP) is 4.61. The summed E-state index contributed by atoms with van der Waals surface area (Å²) in [5.74, 6) is 0.711. The highest BCUT2D eigenvalue weighted by molar-refractivity contribution is 8.00. The third-order valence-electron chi connectivity index (χ3n) is 2.44. The molecule has 0 spiro atoms. The second kappa shape index (κ2) is 6.41. The van der Waals surface area contributed by atoms with Crippen LogP contribution in [-0.4, -0.2) is 11.5 Å². The second-order valence-electron chi connectivity index (χ2n) is 4.01. The van der Waals surface area contributed by atoms with Gasteiger partial charge in [-0.05, 0) is 30.5 Å². The van der Waals surface area contributed by atoms with E-state index in [2.05, 4.69) is 19.1 Å². The Bertz CT molecular complexity index is 548. The second-order valence-corrected chi connectivity index (χ2v) is 6.47. The number of rotatable bonds is 5. The standard InChI is InChI=1S/C14H13ClOS2/c1-10-3-2-4-12(7-10)18-9-11(16)8-14-13(15)5-6-17-14/h2-7H,8-9H2,1H3. The van der Waals surface area contributed by atoms with Gasteiger partial charge in [0.1, 0.15) is 5.78 Å². The number of hydrogen-bond donors (Lipinski definition) is 0. The topological polar surface area (TPSA) is 17.1 Å². The van der Waals surface area contributed by atoms with Crippen LogP contribution < -0.4 is 0 Å². The molecule has 0 radical (unpaired) electrons. The lowest BCUT2D eigenvalue weighted by Gasteiger charge is -2.02. The van der Waals surface area contributed by atoms with Gasteiger partial charge in [-0.15, -0.1) is 23.1 Å². The van der Waals surface area contributed by atoms with Gasteiger partial charge in [-0.1, -0.05) is 29.3 Å². The number of hydrogen-bond acceptors (Lipinski definition) is 3. The fraction of sp³-hybridized carbons (Fsp3) is 0.214. The zero-order chi connectivity index (χ0) is 13.0. The smallest absolute Gasteiger partial charge is 0.148 e. The number of aryl methyl sites for hydroxylation is 1. The minimum Gasteiger partial charge on any atom is -0.298 e. The summed E-state index contributed by atoms with van der Waals surface area (Å²) < 4.78 is 0. The van der Waals surface area contributed by atoms with E-state index >= 15 is 0 Å². The number of thiophene rings is 1. The molecule has 1 nitrogen and oxygen atoms in total. The molecule has 0 amide bonds. The van der Waals surface area contributed by atoms with Gasteiger partial charge in [0.05, 0.1) is 10.8 Å². The van der Waals surface area contributed by atoms with E-state index in [0.717, 1.165) is 9.77 Å². The van der Waals surface area contributed by atoms with Crippen LogP contribution in [0.25, 0.3) is 0 Å². The fourth-order valence-corrected chi connectivity index (χ4v) is 3.56. The van der Waals surface area contributed by atoms with Gasteiger partial charge in [0.2, 0.25) is 0 Å². The van der Waals surface area contributed by atoms with Crippen molar-refractivity contribution in [1.82, 2.24) is 0 Å². The monoisotopic (exact) mass is 296 g/mol. The quantitative estimate of drug-likeness (QED) is 0.749. The van der Waals surface area contributed by atoms with E-state index in [1.807, 2.05) is 23.6 Å². The van der Waals surface area contributed by atoms with Gasteiger partial charge in [-0.25, -0.2) is 0 Å². The third-order valence-corrected chi connectivity index (χ3v) is 4.88. The van der Waals surface area contributed by atoms with E-state index in [1.165, 1.54) is 16.9 Å². The first-order chi connectivity index (χ1) is 8.65. The van der Waals surface area contributed by atoms with Crippen LogP contribution in [-0.2, 0) is 11.2 Å². The molecule has 0 saturated heterocycles. The van der Waals surface area contributed by atoms with Crippen molar-refractivity contribution in [2.45, 2.75) is 18.2 Å². The summed E-state index contributed by atoms with van der Waals surface area (Å²) in [4.78, 5) is 14.0. The summed E-state index contributed by atoms with van der Waals surface area (Å²) in [6, 6.07) is 10.0. The maximum Gasteiger partial charge on any atom is 0.148 e. The van der Waals surface area contributed by atoms with Gasteiger partial charge < -0.3 is 0 Å². The van der Waals surface area contributed by atoms with Crippen LogP contribution in [0.5, 0.6) is 0 Å². The third kappa shape index (κ3) is 3.87. The molecular formula is C14H13ClOS2. The van der Waals surface area contributed by atoms with E-state index in [1.54, 1.807) is 11.8 Å². The molecule has 94 valence electrons. The molecule has 0 N–H and O–H groups in total. The van der Waals surface area contributed by atoms with Crippen LogP contribution >= 0.6 is 34.7 Å². The summed E-state index contributed by atoms with van der Waals surface area (Å²) in [6.07, 6.45) is 0.440. The van der Waals surface area contributed by atoms with Gasteiger partial charge in [-0.2, -0.15) is 0 Å². The highest BCUT2D eigenvalue weighted by Crippen LogP contribution is 2.24. The number of Topliss-reactive ketones (excluding diaryl/α,β-unsaturated/α-hetero) is 1. The predicted molar refractivity (Wildman–Crippen MR) is 79.9 cm³/mol. The Kier molecular flexibility index (Phi) is 4.87. The molecule has 0 saturated carbocycles. The maximum absolute atomic E-state index is 11.8. The minimum absolute atomic E-state index is 0.214. The van der Waals surface area contributed by atoms with Crippen LogP contribution in [0.15, 0.2) is 40.6 Å². The highest BCUT2D eigenvalue weighted by atomic mass is 35.5. The molecule has 0 fully saturated rings. The molecule has 4 heteroatoms. The maximum atomic E-state index is 11.8. The number of ketones is 1. The van der Waals surface area contributed by atoms with Gasteiger partial charge in [0, 0.05) is 16.2 Å². The van der Waals surface area contributed by atoms with Gasteiger partial charge in [-0.3, -0.25) is 4.79 Å². The Morgan fingerprint density at radius 2 is 2.22 bits per heavy atom. The first-order valence-electron chi connectivity index (χ1n) is 5.58. The van der Waals surface area contributed by atoms with E-state index in [9.17, 15) is 4.79 Å². The van der Waals surface area contributed by atoms with E-state index in [-0.39, 0.29) is 5.78 Å². The lowest BCUT2D eigenvalue weighted by atomic mass is 10.2. The average molecular weight is 297 g/mol. The Labute approximate surface area is 120 Å². The largest absolute Gasteiger partial charge is 0.298 e. The van der Waals surface area contributed by atoms with Crippen molar-refractivity contribution in [3.05, 3.63) is 51.2 Å². The van der Waals surface area contributed by atoms with Crippen LogP contribution in [0.1, 0.15) is 10.4 Å². The van der Waals surface area contributed by atoms with E-state index < -0.39 is 0 Å².